The number of hydrogen-bond donors (Lipinski definition) is 1. The Bertz CT molecular complexity index is 1320. The Morgan fingerprint density at radius 1 is 1.00 bits per heavy atom. The summed E-state index contributed by atoms with van der Waals surface area (Å²) in [5, 5.41) is 11.4. The van der Waals surface area contributed by atoms with Gasteiger partial charge in [0.05, 0.1) is 12.6 Å². The minimum absolute atomic E-state index is 0.0830. The zero-order valence-corrected chi connectivity index (χ0v) is 20.8. The number of aromatic nitrogens is 3. The van der Waals surface area contributed by atoms with E-state index in [-0.39, 0.29) is 18.4 Å². The molecule has 1 atom stereocenters. The number of ether oxygens (including phenoxy) is 1. The predicted molar refractivity (Wildman–Crippen MR) is 140 cm³/mol. The van der Waals surface area contributed by atoms with E-state index in [0.29, 0.717) is 35.0 Å². The van der Waals surface area contributed by atoms with Crippen LogP contribution in [0.4, 0.5) is 5.69 Å². The van der Waals surface area contributed by atoms with Crippen LogP contribution in [0.25, 0.3) is 11.0 Å². The van der Waals surface area contributed by atoms with Gasteiger partial charge in [0, 0.05) is 18.3 Å². The van der Waals surface area contributed by atoms with Gasteiger partial charge in [0.15, 0.2) is 0 Å². The first-order valence-corrected chi connectivity index (χ1v) is 12.0. The van der Waals surface area contributed by atoms with Gasteiger partial charge in [-0.3, -0.25) is 14.5 Å². The Kier molecular flexibility index (Phi) is 7.95. The second-order valence-corrected chi connectivity index (χ2v) is 8.99. The number of amides is 2. The molecule has 8 heteroatoms. The van der Waals surface area contributed by atoms with Crippen LogP contribution >= 0.6 is 0 Å². The van der Waals surface area contributed by atoms with Crippen LogP contribution in [0.15, 0.2) is 78.9 Å². The van der Waals surface area contributed by atoms with Gasteiger partial charge in [-0.15, -0.1) is 5.10 Å². The topological polar surface area (TPSA) is 89.3 Å². The van der Waals surface area contributed by atoms with E-state index in [0.717, 1.165) is 11.9 Å². The molecule has 0 saturated carbocycles. The molecule has 2 amide bonds. The molecule has 0 aliphatic heterocycles. The molecule has 0 aliphatic carbocycles. The zero-order valence-electron chi connectivity index (χ0n) is 20.8. The summed E-state index contributed by atoms with van der Waals surface area (Å²) in [6, 6.07) is 23.1. The van der Waals surface area contributed by atoms with Crippen molar-refractivity contribution in [3.63, 3.8) is 0 Å². The van der Waals surface area contributed by atoms with Crippen molar-refractivity contribution in [3.8, 4) is 5.75 Å². The first-order valence-electron chi connectivity index (χ1n) is 12.0. The average Bonchev–Trinajstić information content (AvgIpc) is 3.30. The van der Waals surface area contributed by atoms with Gasteiger partial charge in [-0.2, -0.15) is 0 Å². The van der Waals surface area contributed by atoms with Crippen LogP contribution in [0, 0.1) is 5.92 Å². The summed E-state index contributed by atoms with van der Waals surface area (Å²) < 4.78 is 6.98. The van der Waals surface area contributed by atoms with Crippen molar-refractivity contribution < 1.29 is 14.3 Å². The Hall–Kier alpha value is -4.20. The molecule has 0 fully saturated rings. The number of rotatable bonds is 10. The Balaban J connectivity index is 1.76. The van der Waals surface area contributed by atoms with Crippen LogP contribution in [0.5, 0.6) is 5.75 Å². The van der Waals surface area contributed by atoms with Crippen molar-refractivity contribution in [1.29, 1.82) is 0 Å². The second kappa shape index (κ2) is 11.5. The lowest BCUT2D eigenvalue weighted by molar-refractivity contribution is -0.127. The summed E-state index contributed by atoms with van der Waals surface area (Å²) in [6.45, 7) is 4.65. The number of nitrogens with one attached hydrogen (secondary N) is 1. The SMILES string of the molecule is COc1cccc(N(C(=O)Cn2nnc3ccccc32)[C@@H](C(=O)NCCC(C)C)c2ccccc2)c1. The summed E-state index contributed by atoms with van der Waals surface area (Å²) in [4.78, 5) is 29.1. The molecule has 186 valence electrons. The fourth-order valence-corrected chi connectivity index (χ4v) is 4.07. The van der Waals surface area contributed by atoms with Crippen LogP contribution in [0.3, 0.4) is 0 Å². The highest BCUT2D eigenvalue weighted by molar-refractivity contribution is 6.01. The fourth-order valence-electron chi connectivity index (χ4n) is 4.07. The second-order valence-electron chi connectivity index (χ2n) is 8.99. The molecule has 4 aromatic rings. The molecule has 0 unspecified atom stereocenters. The van der Waals surface area contributed by atoms with Crippen LogP contribution in [-0.4, -0.2) is 40.5 Å². The number of carbonyl (C=O) groups is 2. The van der Waals surface area contributed by atoms with Gasteiger partial charge in [-0.25, -0.2) is 4.68 Å². The highest BCUT2D eigenvalue weighted by Gasteiger charge is 2.33. The Labute approximate surface area is 210 Å². The fraction of sp³-hybridized carbons (Fsp3) is 0.286. The van der Waals surface area contributed by atoms with E-state index in [1.165, 1.54) is 4.90 Å². The molecule has 0 spiro atoms. The summed E-state index contributed by atoms with van der Waals surface area (Å²) in [5.41, 5.74) is 2.70. The van der Waals surface area contributed by atoms with E-state index in [2.05, 4.69) is 29.5 Å². The molecule has 1 aromatic heterocycles. The number of benzene rings is 3. The summed E-state index contributed by atoms with van der Waals surface area (Å²) in [5.74, 6) is 0.481. The number of fused-ring (bicyclic) bond motifs is 1. The number of para-hydroxylation sites is 1. The number of hydrogen-bond acceptors (Lipinski definition) is 5. The summed E-state index contributed by atoms with van der Waals surface area (Å²) in [7, 11) is 1.57. The molecule has 1 N–H and O–H groups in total. The van der Waals surface area contributed by atoms with Crippen LogP contribution in [0.2, 0.25) is 0 Å². The van der Waals surface area contributed by atoms with E-state index in [9.17, 15) is 9.59 Å². The molecular weight excluding hydrogens is 454 g/mol. The Morgan fingerprint density at radius 3 is 2.50 bits per heavy atom. The number of carbonyl (C=O) groups excluding carboxylic acids is 2. The largest absolute Gasteiger partial charge is 0.497 e. The van der Waals surface area contributed by atoms with E-state index in [1.807, 2.05) is 54.6 Å². The maximum atomic E-state index is 14.0. The molecule has 0 radical (unpaired) electrons. The molecule has 3 aromatic carbocycles. The third-order valence-corrected chi connectivity index (χ3v) is 5.95. The summed E-state index contributed by atoms with van der Waals surface area (Å²) in [6.07, 6.45) is 0.839. The van der Waals surface area contributed by atoms with E-state index < -0.39 is 6.04 Å². The maximum absolute atomic E-state index is 14.0. The predicted octanol–water partition coefficient (Wildman–Crippen LogP) is 4.38. The third-order valence-electron chi connectivity index (χ3n) is 5.95. The Morgan fingerprint density at radius 2 is 1.75 bits per heavy atom. The third kappa shape index (κ3) is 5.71. The quantitative estimate of drug-likeness (QED) is 0.360. The van der Waals surface area contributed by atoms with Gasteiger partial charge in [-0.1, -0.05) is 67.6 Å². The highest BCUT2D eigenvalue weighted by atomic mass is 16.5. The molecule has 8 nitrogen and oxygen atoms in total. The standard InChI is InChI=1S/C28H31N5O3/c1-20(2)16-17-29-28(35)27(21-10-5-4-6-11-21)33(22-12-9-13-23(18-22)36-3)26(34)19-32-25-15-8-7-14-24(25)30-31-32/h4-15,18,20,27H,16-17,19H2,1-3H3,(H,29,35)/t27-/m1/s1. The van der Waals surface area contributed by atoms with Gasteiger partial charge < -0.3 is 10.1 Å². The zero-order chi connectivity index (χ0) is 25.5. The molecular formula is C28H31N5O3. The lowest BCUT2D eigenvalue weighted by Gasteiger charge is -2.32. The van der Waals surface area contributed by atoms with Crippen LogP contribution < -0.4 is 15.0 Å². The monoisotopic (exact) mass is 485 g/mol. The average molecular weight is 486 g/mol. The molecule has 36 heavy (non-hydrogen) atoms. The van der Waals surface area contributed by atoms with Gasteiger partial charge >= 0.3 is 0 Å². The molecule has 1 heterocycles. The molecule has 4 rings (SSSR count). The normalized spacial score (nSPS) is 11.9. The van der Waals surface area contributed by atoms with Crippen LogP contribution in [-0.2, 0) is 16.1 Å². The smallest absolute Gasteiger partial charge is 0.249 e. The van der Waals surface area contributed by atoms with Crippen molar-refractivity contribution in [2.24, 2.45) is 5.92 Å². The lowest BCUT2D eigenvalue weighted by atomic mass is 10.0. The van der Waals surface area contributed by atoms with Crippen molar-refractivity contribution in [1.82, 2.24) is 20.3 Å². The van der Waals surface area contributed by atoms with Crippen molar-refractivity contribution >= 4 is 28.5 Å². The van der Waals surface area contributed by atoms with Gasteiger partial charge in [0.1, 0.15) is 23.9 Å². The van der Waals surface area contributed by atoms with Crippen molar-refractivity contribution in [2.45, 2.75) is 32.9 Å². The van der Waals surface area contributed by atoms with E-state index in [1.54, 1.807) is 36.1 Å². The van der Waals surface area contributed by atoms with Gasteiger partial charge in [-0.05, 0) is 42.2 Å². The lowest BCUT2D eigenvalue weighted by Crippen LogP contribution is -2.45. The van der Waals surface area contributed by atoms with E-state index in [4.69, 9.17) is 4.74 Å². The minimum Gasteiger partial charge on any atom is -0.497 e. The van der Waals surface area contributed by atoms with Crippen molar-refractivity contribution in [3.05, 3.63) is 84.4 Å². The van der Waals surface area contributed by atoms with Crippen LogP contribution in [0.1, 0.15) is 31.9 Å². The number of methoxy groups -OCH3 is 1. The molecule has 0 saturated heterocycles. The minimum atomic E-state index is -0.882. The van der Waals surface area contributed by atoms with Crippen molar-refractivity contribution in [2.75, 3.05) is 18.6 Å². The molecule has 0 bridgehead atoms. The number of nitrogens with zero attached hydrogens (tertiary/aromatic N) is 4. The van der Waals surface area contributed by atoms with E-state index >= 15 is 0 Å². The molecule has 0 aliphatic rings. The first kappa shape index (κ1) is 24.9. The van der Waals surface area contributed by atoms with Gasteiger partial charge in [0.25, 0.3) is 0 Å². The maximum Gasteiger partial charge on any atom is 0.249 e. The van der Waals surface area contributed by atoms with Gasteiger partial charge in [0.2, 0.25) is 11.8 Å². The summed E-state index contributed by atoms with van der Waals surface area (Å²) >= 11 is 0. The number of anilines is 1. The highest BCUT2D eigenvalue weighted by Crippen LogP contribution is 2.31. The first-order chi connectivity index (χ1) is 17.5.